The third kappa shape index (κ3) is 4.57. The lowest BCUT2D eigenvalue weighted by atomic mass is 10.1. The molecule has 0 amide bonds. The number of nitro groups is 1. The molecule has 0 saturated carbocycles. The maximum absolute atomic E-state index is 12.3. The minimum atomic E-state index is -1.12. The third-order valence-corrected chi connectivity index (χ3v) is 5.56. The van der Waals surface area contributed by atoms with Crippen LogP contribution in [0.5, 0.6) is 0 Å². The molecule has 9 nitrogen and oxygen atoms in total. The van der Waals surface area contributed by atoms with Crippen LogP contribution in [-0.4, -0.2) is 41.4 Å². The molecule has 0 bridgehead atoms. The summed E-state index contributed by atoms with van der Waals surface area (Å²) >= 11 is 1.19. The van der Waals surface area contributed by atoms with E-state index in [2.05, 4.69) is 4.98 Å². The van der Waals surface area contributed by atoms with Crippen LogP contribution < -0.4 is 4.90 Å². The minimum absolute atomic E-state index is 0.0222. The van der Waals surface area contributed by atoms with E-state index in [1.54, 1.807) is 12.3 Å². The Hall–Kier alpha value is -3.32. The number of benzene rings is 1. The largest absolute Gasteiger partial charge is 0.454 e. The van der Waals surface area contributed by atoms with Gasteiger partial charge in [0.05, 0.1) is 16.6 Å². The van der Waals surface area contributed by atoms with Gasteiger partial charge in [-0.05, 0) is 31.9 Å². The normalized spacial score (nSPS) is 14.3. The molecule has 1 saturated heterocycles. The average Bonchev–Trinajstić information content (AvgIpc) is 3.38. The van der Waals surface area contributed by atoms with Crippen molar-refractivity contribution in [1.82, 2.24) is 4.98 Å². The highest BCUT2D eigenvalue weighted by Crippen LogP contribution is 2.32. The molecule has 0 radical (unpaired) electrons. The summed E-state index contributed by atoms with van der Waals surface area (Å²) in [5.74, 6) is -2.58. The zero-order chi connectivity index (χ0) is 21.0. The predicted octanol–water partition coefficient (Wildman–Crippen LogP) is 2.99. The van der Waals surface area contributed by atoms with Crippen LogP contribution in [0.25, 0.3) is 0 Å². The Kier molecular flexibility index (Phi) is 6.19. The quantitative estimate of drug-likeness (QED) is 0.384. The lowest BCUT2D eigenvalue weighted by Gasteiger charge is -2.17. The van der Waals surface area contributed by atoms with Gasteiger partial charge in [0, 0.05) is 30.2 Å². The number of anilines is 1. The number of aryl methyl sites for hydroxylation is 1. The van der Waals surface area contributed by atoms with E-state index >= 15 is 0 Å². The molecular formula is C19H18N4O5S. The van der Waals surface area contributed by atoms with Gasteiger partial charge >= 0.3 is 5.97 Å². The molecule has 0 unspecified atom stereocenters. The zero-order valence-corrected chi connectivity index (χ0v) is 16.5. The Morgan fingerprint density at radius 3 is 2.72 bits per heavy atom. The van der Waals surface area contributed by atoms with Gasteiger partial charge in [-0.3, -0.25) is 14.9 Å². The van der Waals surface area contributed by atoms with Gasteiger partial charge in [0.2, 0.25) is 0 Å². The summed E-state index contributed by atoms with van der Waals surface area (Å²) in [6.45, 7) is 2.59. The Morgan fingerprint density at radius 2 is 2.14 bits per heavy atom. The number of nitrogens with zero attached hydrogens (tertiary/aromatic N) is 4. The smallest absolute Gasteiger partial charge is 0.338 e. The first-order chi connectivity index (χ1) is 13.9. The van der Waals surface area contributed by atoms with Gasteiger partial charge in [-0.25, -0.2) is 9.78 Å². The number of esters is 1. The summed E-state index contributed by atoms with van der Waals surface area (Å²) in [5, 5.41) is 22.8. The third-order valence-electron chi connectivity index (χ3n) is 4.53. The van der Waals surface area contributed by atoms with E-state index in [9.17, 15) is 25.0 Å². The zero-order valence-electron chi connectivity index (χ0n) is 15.7. The van der Waals surface area contributed by atoms with Crippen molar-refractivity contribution in [3.63, 3.8) is 0 Å². The fraction of sp³-hybridized carbons (Fsp3) is 0.368. The van der Waals surface area contributed by atoms with Crippen molar-refractivity contribution in [2.75, 3.05) is 24.6 Å². The Morgan fingerprint density at radius 1 is 1.41 bits per heavy atom. The van der Waals surface area contributed by atoms with Crippen molar-refractivity contribution in [1.29, 1.82) is 5.26 Å². The van der Waals surface area contributed by atoms with Gasteiger partial charge in [-0.15, -0.1) is 11.3 Å². The molecule has 3 rings (SSSR count). The number of ketones is 1. The van der Waals surface area contributed by atoms with Crippen LogP contribution in [-0.2, 0) is 9.53 Å². The average molecular weight is 414 g/mol. The topological polar surface area (TPSA) is 126 Å². The number of Topliss-reactive ketones (excluding diaryl/α,β-unsaturated/α-hetero) is 1. The summed E-state index contributed by atoms with van der Waals surface area (Å²) in [5.41, 5.74) is 0.955. The van der Waals surface area contributed by atoms with E-state index in [-0.39, 0.29) is 11.3 Å². The van der Waals surface area contributed by atoms with Crippen LogP contribution in [0.3, 0.4) is 0 Å². The van der Waals surface area contributed by atoms with Crippen molar-refractivity contribution in [3.05, 3.63) is 50.0 Å². The van der Waals surface area contributed by atoms with Crippen LogP contribution in [0, 0.1) is 28.4 Å². The lowest BCUT2D eigenvalue weighted by molar-refractivity contribution is -0.384. The van der Waals surface area contributed by atoms with Crippen molar-refractivity contribution in [3.8, 4) is 6.07 Å². The second kappa shape index (κ2) is 8.79. The Balaban J connectivity index is 1.70. The molecule has 150 valence electrons. The predicted molar refractivity (Wildman–Crippen MR) is 105 cm³/mol. The number of nitro benzene ring substituents is 1. The van der Waals surface area contributed by atoms with Crippen LogP contribution in [0.1, 0.15) is 39.8 Å². The summed E-state index contributed by atoms with van der Waals surface area (Å²) in [7, 11) is 0. The number of thiazole rings is 1. The number of hydrogen-bond donors (Lipinski definition) is 0. The van der Waals surface area contributed by atoms with Gasteiger partial charge in [0.25, 0.3) is 5.69 Å². The van der Waals surface area contributed by atoms with E-state index in [4.69, 9.17) is 4.74 Å². The number of carbonyl (C=O) groups is 2. The number of rotatable bonds is 7. The van der Waals surface area contributed by atoms with E-state index < -0.39 is 29.2 Å². The van der Waals surface area contributed by atoms with E-state index in [0.717, 1.165) is 32.0 Å². The molecule has 0 N–H and O–H groups in total. The molecule has 1 aliphatic heterocycles. The Bertz CT molecular complexity index is 991. The highest BCUT2D eigenvalue weighted by atomic mass is 32.1. The fourth-order valence-corrected chi connectivity index (χ4v) is 3.96. The second-order valence-electron chi connectivity index (χ2n) is 6.59. The van der Waals surface area contributed by atoms with Crippen molar-refractivity contribution < 1.29 is 19.2 Å². The minimum Gasteiger partial charge on any atom is -0.454 e. The van der Waals surface area contributed by atoms with Gasteiger partial charge < -0.3 is 9.64 Å². The molecule has 10 heteroatoms. The maximum atomic E-state index is 12.3. The summed E-state index contributed by atoms with van der Waals surface area (Å²) < 4.78 is 5.00. The van der Waals surface area contributed by atoms with Crippen LogP contribution >= 0.6 is 11.3 Å². The Labute approximate surface area is 170 Å². The highest BCUT2D eigenvalue weighted by Gasteiger charge is 2.27. The van der Waals surface area contributed by atoms with E-state index in [0.29, 0.717) is 16.4 Å². The molecular weight excluding hydrogens is 396 g/mol. The van der Waals surface area contributed by atoms with Crippen molar-refractivity contribution in [2.24, 2.45) is 0 Å². The van der Waals surface area contributed by atoms with Crippen molar-refractivity contribution in [2.45, 2.75) is 25.7 Å². The maximum Gasteiger partial charge on any atom is 0.338 e. The molecule has 0 spiro atoms. The summed E-state index contributed by atoms with van der Waals surface area (Å²) in [6, 6.07) is 6.00. The van der Waals surface area contributed by atoms with Crippen LogP contribution in [0.15, 0.2) is 23.6 Å². The summed E-state index contributed by atoms with van der Waals surface area (Å²) in [4.78, 5) is 41.5. The molecule has 1 aromatic carbocycles. The molecule has 1 aromatic heterocycles. The van der Waals surface area contributed by atoms with Gasteiger partial charge in [0.15, 0.2) is 18.3 Å². The van der Waals surface area contributed by atoms with Crippen LogP contribution in [0.4, 0.5) is 11.4 Å². The standard InChI is InChI=1S/C19H18N4O5S/c1-12-11-29-18(21-12)14(9-20)17(24)10-28-19(25)13-4-5-15(16(8-13)23(26)27)22-6-2-3-7-22/h4-5,8,11,14H,2-3,6-7,10H2,1H3/t14-/m1/s1. The first-order valence-electron chi connectivity index (χ1n) is 8.95. The first-order valence-corrected chi connectivity index (χ1v) is 9.83. The highest BCUT2D eigenvalue weighted by molar-refractivity contribution is 7.09. The van der Waals surface area contributed by atoms with E-state index in [1.165, 1.54) is 23.5 Å². The number of ether oxygens (including phenoxy) is 1. The molecule has 29 heavy (non-hydrogen) atoms. The molecule has 1 atom stereocenters. The van der Waals surface area contributed by atoms with Gasteiger partial charge in [-0.1, -0.05) is 0 Å². The van der Waals surface area contributed by atoms with Crippen LogP contribution in [0.2, 0.25) is 0 Å². The second-order valence-corrected chi connectivity index (χ2v) is 7.48. The van der Waals surface area contributed by atoms with Gasteiger partial charge in [-0.2, -0.15) is 5.26 Å². The number of nitriles is 1. The molecule has 1 aliphatic rings. The lowest BCUT2D eigenvalue weighted by Crippen LogP contribution is -2.21. The van der Waals surface area contributed by atoms with Crippen molar-refractivity contribution >= 4 is 34.5 Å². The number of carbonyl (C=O) groups excluding carboxylic acids is 2. The number of aromatic nitrogens is 1. The van der Waals surface area contributed by atoms with Gasteiger partial charge in [0.1, 0.15) is 10.7 Å². The molecule has 0 aliphatic carbocycles. The monoisotopic (exact) mass is 414 g/mol. The summed E-state index contributed by atoms with van der Waals surface area (Å²) in [6.07, 6.45) is 1.92. The molecule has 2 aromatic rings. The molecule has 1 fully saturated rings. The van der Waals surface area contributed by atoms with E-state index in [1.807, 2.05) is 11.0 Å². The fourth-order valence-electron chi connectivity index (χ4n) is 3.10. The number of hydrogen-bond acceptors (Lipinski definition) is 9. The first kappa shape index (κ1) is 20.4. The SMILES string of the molecule is Cc1csc([C@H](C#N)C(=O)COC(=O)c2ccc(N3CCCC3)c([N+](=O)[O-])c2)n1. The molecule has 2 heterocycles.